The van der Waals surface area contributed by atoms with Crippen molar-refractivity contribution < 1.29 is 9.59 Å². The molecule has 0 aromatic heterocycles. The van der Waals surface area contributed by atoms with Crippen molar-refractivity contribution >= 4 is 35.0 Å². The lowest BCUT2D eigenvalue weighted by atomic mass is 10.0. The van der Waals surface area contributed by atoms with Crippen molar-refractivity contribution in [2.75, 3.05) is 7.05 Å². The first-order valence-corrected chi connectivity index (χ1v) is 11.2. The maximum atomic E-state index is 13.5. The Morgan fingerprint density at radius 3 is 2.25 bits per heavy atom. The summed E-state index contributed by atoms with van der Waals surface area (Å²) in [7, 11) is 1.58. The Bertz CT molecular complexity index is 1070. The van der Waals surface area contributed by atoms with Crippen LogP contribution in [0.15, 0.2) is 72.8 Å². The van der Waals surface area contributed by atoms with Crippen molar-refractivity contribution in [1.82, 2.24) is 10.2 Å². The Kier molecular flexibility index (Phi) is 8.32. The molecule has 0 aliphatic rings. The normalized spacial score (nSPS) is 11.6. The summed E-state index contributed by atoms with van der Waals surface area (Å²) in [6.07, 6.45) is 0.582. The quantitative estimate of drug-likeness (QED) is 0.491. The molecule has 0 fully saturated rings. The van der Waals surface area contributed by atoms with Crippen molar-refractivity contribution in [3.05, 3.63) is 105 Å². The minimum absolute atomic E-state index is 0.149. The standard InChI is InChI=1S/C26H26Cl2N2O2/c1-18-8-10-20(11-9-18)15-25(31)30(17-21-12-13-22(27)16-23(21)28)24(26(32)29-2)14-19-6-4-3-5-7-19/h3-13,16,24H,14-15,17H2,1-2H3,(H,29,32)/t24-/m0/s1. The fourth-order valence-electron chi connectivity index (χ4n) is 3.54. The second-order valence-electron chi connectivity index (χ2n) is 7.74. The van der Waals surface area contributed by atoms with Crippen LogP contribution in [0.2, 0.25) is 10.0 Å². The van der Waals surface area contributed by atoms with Crippen LogP contribution < -0.4 is 5.32 Å². The molecule has 166 valence electrons. The molecule has 0 saturated carbocycles. The first kappa shape index (κ1) is 23.8. The van der Waals surface area contributed by atoms with E-state index in [1.165, 1.54) is 0 Å². The zero-order valence-electron chi connectivity index (χ0n) is 18.1. The Morgan fingerprint density at radius 1 is 0.938 bits per heavy atom. The van der Waals surface area contributed by atoms with Gasteiger partial charge in [0, 0.05) is 30.1 Å². The number of nitrogens with one attached hydrogen (secondary N) is 1. The Labute approximate surface area is 199 Å². The van der Waals surface area contributed by atoms with Crippen molar-refractivity contribution in [3.63, 3.8) is 0 Å². The lowest BCUT2D eigenvalue weighted by Crippen LogP contribution is -2.50. The Morgan fingerprint density at radius 2 is 1.62 bits per heavy atom. The number of rotatable bonds is 8. The van der Waals surface area contributed by atoms with Crippen LogP contribution in [0.5, 0.6) is 0 Å². The molecule has 32 heavy (non-hydrogen) atoms. The predicted octanol–water partition coefficient (Wildman–Crippen LogP) is 5.23. The van der Waals surface area contributed by atoms with Gasteiger partial charge in [0.2, 0.25) is 11.8 Å². The zero-order chi connectivity index (χ0) is 23.1. The number of aryl methyl sites for hydroxylation is 1. The van der Waals surface area contributed by atoms with Gasteiger partial charge >= 0.3 is 0 Å². The van der Waals surface area contributed by atoms with E-state index in [1.54, 1.807) is 30.1 Å². The van der Waals surface area contributed by atoms with Gasteiger partial charge in [0.1, 0.15) is 6.04 Å². The summed E-state index contributed by atoms with van der Waals surface area (Å²) in [6, 6.07) is 22.0. The van der Waals surface area contributed by atoms with Crippen LogP contribution in [-0.4, -0.2) is 29.8 Å². The highest BCUT2D eigenvalue weighted by Gasteiger charge is 2.30. The summed E-state index contributed by atoms with van der Waals surface area (Å²) >= 11 is 12.5. The Hall–Kier alpha value is -2.82. The van der Waals surface area contributed by atoms with Gasteiger partial charge in [0.05, 0.1) is 6.42 Å². The molecule has 0 spiro atoms. The molecule has 3 rings (SSSR count). The van der Waals surface area contributed by atoms with Gasteiger partial charge in [-0.2, -0.15) is 0 Å². The summed E-state index contributed by atoms with van der Waals surface area (Å²) in [4.78, 5) is 28.1. The zero-order valence-corrected chi connectivity index (χ0v) is 19.7. The van der Waals surface area contributed by atoms with Gasteiger partial charge in [0.15, 0.2) is 0 Å². The molecule has 0 radical (unpaired) electrons. The van der Waals surface area contributed by atoms with E-state index in [1.807, 2.05) is 61.5 Å². The van der Waals surface area contributed by atoms with E-state index in [0.717, 1.165) is 22.3 Å². The summed E-state index contributed by atoms with van der Waals surface area (Å²) in [6.45, 7) is 2.20. The second-order valence-corrected chi connectivity index (χ2v) is 8.58. The molecule has 0 aliphatic heterocycles. The summed E-state index contributed by atoms with van der Waals surface area (Å²) in [5.41, 5.74) is 3.72. The van der Waals surface area contributed by atoms with Crippen LogP contribution in [0.4, 0.5) is 0 Å². The van der Waals surface area contributed by atoms with Crippen LogP contribution >= 0.6 is 23.2 Å². The second kappa shape index (κ2) is 11.2. The van der Waals surface area contributed by atoms with Crippen molar-refractivity contribution in [3.8, 4) is 0 Å². The summed E-state index contributed by atoms with van der Waals surface area (Å²) in [5.74, 6) is -0.374. The first-order valence-electron chi connectivity index (χ1n) is 10.4. The highest BCUT2D eigenvalue weighted by atomic mass is 35.5. The van der Waals surface area contributed by atoms with Gasteiger partial charge in [-0.3, -0.25) is 9.59 Å². The monoisotopic (exact) mass is 468 g/mol. The lowest BCUT2D eigenvalue weighted by molar-refractivity contribution is -0.140. The average Bonchev–Trinajstić information content (AvgIpc) is 2.79. The molecule has 6 heteroatoms. The molecule has 0 unspecified atom stereocenters. The SMILES string of the molecule is CNC(=O)[C@H](Cc1ccccc1)N(Cc1ccc(Cl)cc1Cl)C(=O)Cc1ccc(C)cc1. The average molecular weight is 469 g/mol. The summed E-state index contributed by atoms with van der Waals surface area (Å²) in [5, 5.41) is 3.69. The molecular weight excluding hydrogens is 443 g/mol. The van der Waals surface area contributed by atoms with E-state index in [2.05, 4.69) is 5.32 Å². The largest absolute Gasteiger partial charge is 0.357 e. The van der Waals surface area contributed by atoms with Gasteiger partial charge in [-0.1, -0.05) is 89.4 Å². The highest BCUT2D eigenvalue weighted by molar-refractivity contribution is 6.35. The van der Waals surface area contributed by atoms with Crippen LogP contribution in [0, 0.1) is 6.92 Å². The topological polar surface area (TPSA) is 49.4 Å². The fraction of sp³-hybridized carbons (Fsp3) is 0.231. The van der Waals surface area contributed by atoms with Crippen LogP contribution in [0.25, 0.3) is 0 Å². The maximum Gasteiger partial charge on any atom is 0.242 e. The van der Waals surface area contributed by atoms with Gasteiger partial charge in [0.25, 0.3) is 0 Å². The molecule has 1 N–H and O–H groups in total. The molecule has 3 aromatic carbocycles. The number of amides is 2. The van der Waals surface area contributed by atoms with Crippen molar-refractivity contribution in [1.29, 1.82) is 0 Å². The van der Waals surface area contributed by atoms with Gasteiger partial charge in [-0.05, 0) is 35.7 Å². The third-order valence-electron chi connectivity index (χ3n) is 5.35. The smallest absolute Gasteiger partial charge is 0.242 e. The molecule has 2 amide bonds. The number of hydrogen-bond acceptors (Lipinski definition) is 2. The first-order chi connectivity index (χ1) is 15.4. The molecule has 0 saturated heterocycles. The van der Waals surface area contributed by atoms with E-state index in [9.17, 15) is 9.59 Å². The minimum atomic E-state index is -0.688. The van der Waals surface area contributed by atoms with E-state index >= 15 is 0 Å². The molecular formula is C26H26Cl2N2O2. The number of benzene rings is 3. The number of likely N-dealkylation sites (N-methyl/N-ethyl adjacent to an activating group) is 1. The van der Waals surface area contributed by atoms with Crippen molar-refractivity contribution in [2.24, 2.45) is 0 Å². The van der Waals surface area contributed by atoms with Gasteiger partial charge in [-0.25, -0.2) is 0 Å². The fourth-order valence-corrected chi connectivity index (χ4v) is 4.00. The van der Waals surface area contributed by atoms with Crippen molar-refractivity contribution in [2.45, 2.75) is 32.4 Å². The van der Waals surface area contributed by atoms with E-state index < -0.39 is 6.04 Å². The number of halogens is 2. The van der Waals surface area contributed by atoms with Crippen LogP contribution in [0.1, 0.15) is 22.3 Å². The van der Waals surface area contributed by atoms with E-state index in [4.69, 9.17) is 23.2 Å². The van der Waals surface area contributed by atoms with Gasteiger partial charge in [-0.15, -0.1) is 0 Å². The molecule has 4 nitrogen and oxygen atoms in total. The number of carbonyl (C=O) groups is 2. The molecule has 1 atom stereocenters. The third-order valence-corrected chi connectivity index (χ3v) is 5.94. The van der Waals surface area contributed by atoms with E-state index in [-0.39, 0.29) is 24.8 Å². The molecule has 3 aromatic rings. The Balaban J connectivity index is 1.96. The number of nitrogens with zero attached hydrogens (tertiary/aromatic N) is 1. The lowest BCUT2D eigenvalue weighted by Gasteiger charge is -2.31. The van der Waals surface area contributed by atoms with Crippen LogP contribution in [0.3, 0.4) is 0 Å². The van der Waals surface area contributed by atoms with Gasteiger partial charge < -0.3 is 10.2 Å². The maximum absolute atomic E-state index is 13.5. The van der Waals surface area contributed by atoms with Crippen LogP contribution in [-0.2, 0) is 29.0 Å². The minimum Gasteiger partial charge on any atom is -0.357 e. The predicted molar refractivity (Wildman–Crippen MR) is 130 cm³/mol. The van der Waals surface area contributed by atoms with E-state index in [0.29, 0.717) is 16.5 Å². The highest BCUT2D eigenvalue weighted by Crippen LogP contribution is 2.24. The molecule has 0 heterocycles. The number of carbonyl (C=O) groups excluding carboxylic acids is 2. The number of hydrogen-bond donors (Lipinski definition) is 1. The third kappa shape index (κ3) is 6.35. The molecule has 0 aliphatic carbocycles. The summed E-state index contributed by atoms with van der Waals surface area (Å²) < 4.78 is 0. The molecule has 0 bridgehead atoms.